The molecule has 0 saturated carbocycles. The molecule has 6 aliphatic rings. The van der Waals surface area contributed by atoms with E-state index in [1.165, 1.54) is 19.4 Å². The molecule has 6 aliphatic heterocycles. The lowest BCUT2D eigenvalue weighted by Gasteiger charge is -2.40. The van der Waals surface area contributed by atoms with E-state index in [1.54, 1.807) is 52.3 Å². The van der Waals surface area contributed by atoms with E-state index >= 15 is 0 Å². The number of aromatic nitrogens is 15. The fourth-order valence-electron chi connectivity index (χ4n) is 20.3. The summed E-state index contributed by atoms with van der Waals surface area (Å²) in [4.78, 5) is 126. The van der Waals surface area contributed by atoms with Gasteiger partial charge < -0.3 is 67.4 Å². The highest BCUT2D eigenvalue weighted by Gasteiger charge is 2.32. The number of anilines is 5. The van der Waals surface area contributed by atoms with E-state index in [0.29, 0.717) is 126 Å². The zero-order valence-corrected chi connectivity index (χ0v) is 81.8. The number of rotatable bonds is 10. The number of nitrogens with zero attached hydrogens (tertiary/aromatic N) is 22. The number of oxazole rings is 5. The SMILES string of the molecule is Cc1nc2ccc(-c3cc(=O)n4cc(N5CCCN(C)CC5)ccc4n3)cc2o1.Cc1nc2ccc(-c3cc(=O)n4cc(N5CCCNCC5)ccc4n3)cc2o1.Cc1nc2ccc(-c3cc(=O)n4cc(N5CCN6CCC[C@H]6C5)ccc4n3)cc2o1.Cc1nc2ccc(-c3cc(=O)n4cc(N5CCNC(C)(C)C5)ccc4n3)cc2o1.Cc1nc2ccc(-c3cc(=O)n4cc(N5CCN[C@H](C)C5)ccc4n3)cc2o1. The molecule has 0 unspecified atom stereocenters. The van der Waals surface area contributed by atoms with Crippen molar-refractivity contribution in [2.75, 3.05) is 149 Å². The predicted molar refractivity (Wildman–Crippen MR) is 561 cm³/mol. The predicted octanol–water partition coefficient (Wildman–Crippen LogP) is 14.3. The Kier molecular flexibility index (Phi) is 25.3. The minimum Gasteiger partial charge on any atom is -0.441 e. The van der Waals surface area contributed by atoms with Crippen LogP contribution in [0.4, 0.5) is 28.4 Å². The number of fused-ring (bicyclic) bond motifs is 11. The molecule has 6 fully saturated rings. The first-order valence-corrected chi connectivity index (χ1v) is 49.2. The van der Waals surface area contributed by atoms with E-state index in [2.05, 4.69) is 115 Å². The molecule has 0 spiro atoms. The first kappa shape index (κ1) is 93.0. The van der Waals surface area contributed by atoms with Crippen molar-refractivity contribution in [1.29, 1.82) is 0 Å². The normalized spacial score (nSPS) is 17.0. The van der Waals surface area contributed by atoms with Crippen LogP contribution in [0.3, 0.4) is 0 Å². The maximum absolute atomic E-state index is 12.9. The molecule has 26 rings (SSSR count). The van der Waals surface area contributed by atoms with Crippen LogP contribution in [-0.2, 0) is 0 Å². The van der Waals surface area contributed by atoms with Gasteiger partial charge in [0.1, 0.15) is 55.8 Å². The smallest absolute Gasteiger partial charge is 0.258 e. The van der Waals surface area contributed by atoms with Gasteiger partial charge in [0.05, 0.1) is 56.9 Å². The summed E-state index contributed by atoms with van der Waals surface area (Å²) in [6, 6.07) is 57.3. The number of aryl methyl sites for hydroxylation is 5. The Bertz CT molecular complexity index is 8460. The van der Waals surface area contributed by atoms with E-state index in [9.17, 15) is 24.0 Å². The van der Waals surface area contributed by atoms with Crippen LogP contribution in [0.1, 0.15) is 75.9 Å². The summed E-state index contributed by atoms with van der Waals surface area (Å²) >= 11 is 0. The van der Waals surface area contributed by atoms with Gasteiger partial charge in [-0.15, -0.1) is 0 Å². The first-order valence-electron chi connectivity index (χ1n) is 49.2. The van der Waals surface area contributed by atoms with E-state index < -0.39 is 0 Å². The minimum absolute atomic E-state index is 0.0397. The Morgan fingerprint density at radius 2 is 0.646 bits per heavy atom. The summed E-state index contributed by atoms with van der Waals surface area (Å²) in [5.74, 6) is 3.10. The zero-order chi connectivity index (χ0) is 98.7. The highest BCUT2D eigenvalue weighted by Crippen LogP contribution is 2.34. The summed E-state index contributed by atoms with van der Waals surface area (Å²) in [6.07, 6.45) is 14.3. The Morgan fingerprint density at radius 3 is 1.02 bits per heavy atom. The van der Waals surface area contributed by atoms with Crippen LogP contribution in [0.5, 0.6) is 0 Å². The molecule has 15 aromatic heterocycles. The third-order valence-corrected chi connectivity index (χ3v) is 27.6. The number of hydrogen-bond acceptors (Lipinski definition) is 30. The van der Waals surface area contributed by atoms with E-state index in [1.807, 2.05) is 205 Å². The van der Waals surface area contributed by atoms with Gasteiger partial charge in [0.2, 0.25) is 0 Å². The summed E-state index contributed by atoms with van der Waals surface area (Å²) in [5.41, 5.74) is 22.9. The molecule has 0 radical (unpaired) electrons. The van der Waals surface area contributed by atoms with Crippen LogP contribution < -0.4 is 68.2 Å². The molecule has 0 amide bonds. The zero-order valence-electron chi connectivity index (χ0n) is 81.8. The van der Waals surface area contributed by atoms with Crippen LogP contribution in [0.2, 0.25) is 0 Å². The molecule has 732 valence electrons. The average molecular weight is 1930 g/mol. The molecule has 0 bridgehead atoms. The third kappa shape index (κ3) is 19.9. The molecule has 20 aromatic rings. The standard InChI is InChI=1S/C23H23N5O2.2C22H23N5O2.2C21H21N5O2/c1-15-24-19-6-4-16(11-21(19)30-15)20-12-23(29)28-14-18(5-7-22(28)25-20)27-10-9-26-8-2-3-17(26)13-27;1-14-24-17-6-4-15(10-19(17)29-14)18-11-21(28)27-12-16(5-7-20(27)25-18)26-9-8-23-22(2,3)13-26;1-15-23-18-6-4-16(12-20(18)29-15)19-13-22(28)27-14-17(5-7-21(27)24-19)26-9-3-8-25(2)10-11-26;1-13-11-25(8-7-22-13)16-4-6-20-24-18(10-21(27)26(20)12-16)15-3-5-17-19(9-15)28-14(2)23-17;1-14-23-17-5-3-15(11-19(17)28-14)18-12-21(27)26-13-16(4-6-20(26)24-18)25-9-2-7-22-8-10-25/h4-7,11-12,14,17H,2-3,8-10,13H2,1H3;4-7,10-12,23H,8-9,13H2,1-3H3;4-7,12-14H,3,8-11H2,1-2H3;3-6,9-10,12-13,22H,7-8,11H2,1-2H3;3-6,11-13,22H,2,7-10H2,1H3/t17-;;;13-;/m0..1./s1. The van der Waals surface area contributed by atoms with Gasteiger partial charge in [-0.1, -0.05) is 30.3 Å². The molecule has 35 heteroatoms. The van der Waals surface area contributed by atoms with Gasteiger partial charge >= 0.3 is 0 Å². The van der Waals surface area contributed by atoms with Crippen molar-refractivity contribution in [3.05, 3.63) is 294 Å². The topological polar surface area (TPSA) is 361 Å². The fourth-order valence-corrected chi connectivity index (χ4v) is 20.3. The number of likely N-dealkylation sites (N-methyl/N-ethyl adjacent to an activating group) is 1. The Labute approximate surface area is 825 Å². The number of piperazine rings is 3. The van der Waals surface area contributed by atoms with Gasteiger partial charge in [-0.05, 0) is 194 Å². The lowest BCUT2D eigenvalue weighted by molar-refractivity contribution is 0.231. The largest absolute Gasteiger partial charge is 0.441 e. The molecule has 3 N–H and O–H groups in total. The first-order chi connectivity index (χ1) is 69.8. The maximum Gasteiger partial charge on any atom is 0.258 e. The van der Waals surface area contributed by atoms with E-state index in [0.717, 1.165) is 208 Å². The monoisotopic (exact) mass is 1930 g/mol. The third-order valence-electron chi connectivity index (χ3n) is 27.6. The number of benzene rings is 5. The number of nitrogens with one attached hydrogen (secondary N) is 3. The van der Waals surface area contributed by atoms with Gasteiger partial charge in [-0.2, -0.15) is 0 Å². The lowest BCUT2D eigenvalue weighted by atomic mass is 10.0. The molecule has 21 heterocycles. The second-order valence-electron chi connectivity index (χ2n) is 38.6. The second-order valence-corrected chi connectivity index (χ2v) is 38.6. The van der Waals surface area contributed by atoms with Crippen molar-refractivity contribution in [3.63, 3.8) is 0 Å². The molecular weight excluding hydrogens is 1820 g/mol. The van der Waals surface area contributed by atoms with Gasteiger partial charge in [0, 0.05) is 240 Å². The van der Waals surface area contributed by atoms with Gasteiger partial charge in [-0.25, -0.2) is 49.8 Å². The summed E-state index contributed by atoms with van der Waals surface area (Å²) in [7, 11) is 2.15. The summed E-state index contributed by atoms with van der Waals surface area (Å²) in [5, 5.41) is 10.3. The van der Waals surface area contributed by atoms with E-state index in [4.69, 9.17) is 47.0 Å². The second kappa shape index (κ2) is 39.2. The average Bonchev–Trinajstić information content (AvgIpc) is 1.83. The minimum atomic E-state index is -0.102. The molecule has 5 aromatic carbocycles. The van der Waals surface area contributed by atoms with Gasteiger partial charge in [-0.3, -0.25) is 50.9 Å². The van der Waals surface area contributed by atoms with Crippen molar-refractivity contribution in [2.24, 2.45) is 0 Å². The van der Waals surface area contributed by atoms with E-state index in [-0.39, 0.29) is 33.3 Å². The Hall–Kier alpha value is -16.0. The Morgan fingerprint density at radius 1 is 0.312 bits per heavy atom. The summed E-state index contributed by atoms with van der Waals surface area (Å²) in [6.45, 7) is 33.4. The molecule has 2 atom stereocenters. The molecule has 0 aliphatic carbocycles. The molecular formula is C109H111N25O10. The molecule has 6 saturated heterocycles. The molecule has 144 heavy (non-hydrogen) atoms. The quantitative estimate of drug-likeness (QED) is 0.114. The number of hydrogen-bond donors (Lipinski definition) is 3. The van der Waals surface area contributed by atoms with Crippen molar-refractivity contribution in [1.82, 2.24) is 97.6 Å². The van der Waals surface area contributed by atoms with Gasteiger partial charge in [0.15, 0.2) is 57.4 Å². The highest BCUT2D eigenvalue weighted by molar-refractivity contribution is 5.85. The van der Waals surface area contributed by atoms with Crippen LogP contribution in [0.25, 0.3) is 140 Å². The lowest BCUT2D eigenvalue weighted by Crippen LogP contribution is -2.57. The van der Waals surface area contributed by atoms with Crippen LogP contribution in [0, 0.1) is 34.6 Å². The van der Waals surface area contributed by atoms with Crippen molar-refractivity contribution < 1.29 is 22.1 Å². The summed E-state index contributed by atoms with van der Waals surface area (Å²) < 4.78 is 36.2. The van der Waals surface area contributed by atoms with Crippen molar-refractivity contribution in [3.8, 4) is 56.3 Å². The van der Waals surface area contributed by atoms with Gasteiger partial charge in [0.25, 0.3) is 27.8 Å². The van der Waals surface area contributed by atoms with Crippen molar-refractivity contribution >= 4 is 112 Å². The number of pyridine rings is 5. The highest BCUT2D eigenvalue weighted by atomic mass is 16.4. The molecule has 35 nitrogen and oxygen atoms in total. The maximum atomic E-state index is 12.9. The fraction of sp³-hybridized carbons (Fsp3) is 0.312. The van der Waals surface area contributed by atoms with Crippen LogP contribution in [-0.4, -0.2) is 224 Å². The van der Waals surface area contributed by atoms with Crippen LogP contribution >= 0.6 is 0 Å². The van der Waals surface area contributed by atoms with Crippen LogP contribution in [0.15, 0.2) is 259 Å². The van der Waals surface area contributed by atoms with Crippen molar-refractivity contribution in [2.45, 2.75) is 98.7 Å². The Balaban J connectivity index is 0.000000103.